The van der Waals surface area contributed by atoms with Crippen molar-refractivity contribution in [3.63, 3.8) is 0 Å². The highest BCUT2D eigenvalue weighted by atomic mass is 35.5. The summed E-state index contributed by atoms with van der Waals surface area (Å²) >= 11 is 18.9. The molecule has 3 amide bonds. The van der Waals surface area contributed by atoms with Crippen molar-refractivity contribution in [1.82, 2.24) is 24.3 Å². The minimum atomic E-state index is -1.19. The van der Waals surface area contributed by atoms with E-state index in [1.54, 1.807) is 35.9 Å². The molecule has 188 valence electrons. The highest BCUT2D eigenvalue weighted by Gasteiger charge is 2.29. The number of benzene rings is 1. The molecule has 0 saturated carbocycles. The Bertz CT molecular complexity index is 1380. The van der Waals surface area contributed by atoms with Gasteiger partial charge in [0.25, 0.3) is 5.91 Å². The van der Waals surface area contributed by atoms with Gasteiger partial charge in [-0.25, -0.2) is 14.8 Å². The Morgan fingerprint density at radius 3 is 2.58 bits per heavy atom. The average molecular weight is 552 g/mol. The van der Waals surface area contributed by atoms with E-state index in [1.807, 2.05) is 0 Å². The van der Waals surface area contributed by atoms with E-state index < -0.39 is 12.0 Å². The number of fused-ring (bicyclic) bond motifs is 1. The standard InChI is InChI=1S/C23H21Cl3N6O4/c1-30(23(35)36)11-17(33)32-9-7-16-15(10-32)28-21(31(16)2)22(34)29-14-5-3-4-12(18(14)24)13-6-8-27-20(26)19(13)25/h3-6,8H,7,9-11H2,1-2H3,(H,29,34)(H,35,36). The molecule has 4 rings (SSSR count). The Balaban J connectivity index is 1.54. The maximum atomic E-state index is 13.1. The van der Waals surface area contributed by atoms with Crippen molar-refractivity contribution in [2.45, 2.75) is 13.0 Å². The summed E-state index contributed by atoms with van der Waals surface area (Å²) in [6.07, 6.45) is 0.804. The van der Waals surface area contributed by atoms with Crippen LogP contribution in [0.3, 0.4) is 0 Å². The first-order valence-corrected chi connectivity index (χ1v) is 11.9. The van der Waals surface area contributed by atoms with Gasteiger partial charge in [-0.15, -0.1) is 0 Å². The summed E-state index contributed by atoms with van der Waals surface area (Å²) in [6.45, 7) is 0.315. The van der Waals surface area contributed by atoms with Crippen LogP contribution in [0.2, 0.25) is 15.2 Å². The Morgan fingerprint density at radius 1 is 1.14 bits per heavy atom. The number of likely N-dealkylation sites (N-methyl/N-ethyl adjacent to an activating group) is 1. The zero-order chi connectivity index (χ0) is 26.1. The molecule has 1 aromatic carbocycles. The quantitative estimate of drug-likeness (QED) is 0.459. The number of nitrogens with one attached hydrogen (secondary N) is 1. The van der Waals surface area contributed by atoms with Gasteiger partial charge in [0.2, 0.25) is 5.91 Å². The van der Waals surface area contributed by atoms with Crippen LogP contribution in [0, 0.1) is 0 Å². The maximum Gasteiger partial charge on any atom is 0.407 e. The summed E-state index contributed by atoms with van der Waals surface area (Å²) in [6, 6.07) is 6.81. The molecule has 0 saturated heterocycles. The fraction of sp³-hybridized carbons (Fsp3) is 0.261. The second-order valence-corrected chi connectivity index (χ2v) is 9.29. The van der Waals surface area contributed by atoms with Gasteiger partial charge in [-0.05, 0) is 12.1 Å². The van der Waals surface area contributed by atoms with E-state index in [0.29, 0.717) is 35.5 Å². The smallest absolute Gasteiger partial charge is 0.407 e. The maximum absolute atomic E-state index is 13.1. The van der Waals surface area contributed by atoms with E-state index in [2.05, 4.69) is 15.3 Å². The zero-order valence-electron chi connectivity index (χ0n) is 19.3. The zero-order valence-corrected chi connectivity index (χ0v) is 21.5. The lowest BCUT2D eigenvalue weighted by atomic mass is 10.1. The van der Waals surface area contributed by atoms with Gasteiger partial charge in [-0.1, -0.05) is 46.9 Å². The number of anilines is 1. The third-order valence-electron chi connectivity index (χ3n) is 5.89. The predicted molar refractivity (Wildman–Crippen MR) is 136 cm³/mol. The predicted octanol–water partition coefficient (Wildman–Crippen LogP) is 4.19. The van der Waals surface area contributed by atoms with Crippen LogP contribution in [-0.2, 0) is 24.8 Å². The molecule has 3 aromatic rings. The van der Waals surface area contributed by atoms with Crippen LogP contribution in [0.1, 0.15) is 22.0 Å². The number of carboxylic acid groups (broad SMARTS) is 1. The Hall–Kier alpha value is -3.34. The van der Waals surface area contributed by atoms with E-state index in [1.165, 1.54) is 18.1 Å². The first-order chi connectivity index (χ1) is 17.1. The molecule has 36 heavy (non-hydrogen) atoms. The molecule has 0 radical (unpaired) electrons. The lowest BCUT2D eigenvalue weighted by Crippen LogP contribution is -2.43. The minimum absolute atomic E-state index is 0.139. The number of nitrogens with zero attached hydrogens (tertiary/aromatic N) is 5. The van der Waals surface area contributed by atoms with Crippen LogP contribution < -0.4 is 5.32 Å². The molecule has 2 aromatic heterocycles. The van der Waals surface area contributed by atoms with Gasteiger partial charge in [-0.2, -0.15) is 0 Å². The summed E-state index contributed by atoms with van der Waals surface area (Å²) in [5.41, 5.74) is 2.91. The number of carbonyl (C=O) groups is 3. The van der Waals surface area contributed by atoms with Crippen LogP contribution in [0.4, 0.5) is 10.5 Å². The molecule has 2 N–H and O–H groups in total. The molecule has 1 aliphatic rings. The minimum Gasteiger partial charge on any atom is -0.465 e. The largest absolute Gasteiger partial charge is 0.465 e. The fourth-order valence-electron chi connectivity index (χ4n) is 3.96. The van der Waals surface area contributed by atoms with E-state index in [4.69, 9.17) is 39.9 Å². The third kappa shape index (κ3) is 4.97. The summed E-state index contributed by atoms with van der Waals surface area (Å²) in [5.74, 6) is -0.655. The Kier molecular flexibility index (Phi) is 7.39. The molecular formula is C23H21Cl3N6O4. The van der Waals surface area contributed by atoms with Crippen LogP contribution >= 0.6 is 34.8 Å². The number of rotatable bonds is 5. The lowest BCUT2D eigenvalue weighted by Gasteiger charge is -2.28. The summed E-state index contributed by atoms with van der Waals surface area (Å²) < 4.78 is 1.69. The van der Waals surface area contributed by atoms with Gasteiger partial charge in [0.15, 0.2) is 5.82 Å². The molecule has 13 heteroatoms. The number of halogens is 3. The second-order valence-electron chi connectivity index (χ2n) is 8.18. The van der Waals surface area contributed by atoms with Crippen LogP contribution in [-0.4, -0.2) is 67.5 Å². The highest BCUT2D eigenvalue weighted by molar-refractivity contribution is 6.44. The normalized spacial score (nSPS) is 12.8. The number of hydrogen-bond donors (Lipinski definition) is 2. The summed E-state index contributed by atoms with van der Waals surface area (Å²) in [4.78, 5) is 47.5. The monoisotopic (exact) mass is 550 g/mol. The molecule has 0 fully saturated rings. The number of amides is 3. The van der Waals surface area contributed by atoms with Gasteiger partial charge in [0.1, 0.15) is 11.7 Å². The van der Waals surface area contributed by atoms with Crippen LogP contribution in [0.5, 0.6) is 0 Å². The number of imidazole rings is 1. The van der Waals surface area contributed by atoms with Crippen LogP contribution in [0.25, 0.3) is 11.1 Å². The molecule has 0 bridgehead atoms. The average Bonchev–Trinajstić information content (AvgIpc) is 3.18. The summed E-state index contributed by atoms with van der Waals surface area (Å²) in [7, 11) is 3.06. The molecule has 0 spiro atoms. The number of pyridine rings is 1. The van der Waals surface area contributed by atoms with E-state index in [-0.39, 0.29) is 40.0 Å². The molecule has 1 aliphatic heterocycles. The first-order valence-electron chi connectivity index (χ1n) is 10.7. The van der Waals surface area contributed by atoms with Crippen molar-refractivity contribution < 1.29 is 19.5 Å². The topological polar surface area (TPSA) is 121 Å². The first kappa shape index (κ1) is 25.7. The second kappa shape index (κ2) is 10.3. The molecular weight excluding hydrogens is 531 g/mol. The van der Waals surface area contributed by atoms with Gasteiger partial charge in [-0.3, -0.25) is 9.59 Å². The van der Waals surface area contributed by atoms with E-state index in [0.717, 1.165) is 10.6 Å². The highest BCUT2D eigenvalue weighted by Crippen LogP contribution is 2.39. The van der Waals surface area contributed by atoms with Crippen molar-refractivity contribution in [2.75, 3.05) is 25.5 Å². The van der Waals surface area contributed by atoms with E-state index in [9.17, 15) is 14.4 Å². The fourth-order valence-corrected chi connectivity index (χ4v) is 4.60. The Labute approximate surface area is 221 Å². The number of hydrogen-bond acceptors (Lipinski definition) is 5. The number of aromatic nitrogens is 3. The number of carbonyl (C=O) groups excluding carboxylic acids is 2. The van der Waals surface area contributed by atoms with Gasteiger partial charge < -0.3 is 24.8 Å². The Morgan fingerprint density at radius 2 is 1.86 bits per heavy atom. The molecule has 3 heterocycles. The van der Waals surface area contributed by atoms with Gasteiger partial charge in [0, 0.05) is 50.1 Å². The van der Waals surface area contributed by atoms with Crippen molar-refractivity contribution in [3.05, 3.63) is 62.9 Å². The van der Waals surface area contributed by atoms with Crippen molar-refractivity contribution in [3.8, 4) is 11.1 Å². The van der Waals surface area contributed by atoms with Gasteiger partial charge in [0.05, 0.1) is 28.0 Å². The van der Waals surface area contributed by atoms with Crippen LogP contribution in [0.15, 0.2) is 30.5 Å². The van der Waals surface area contributed by atoms with Gasteiger partial charge >= 0.3 is 6.09 Å². The molecule has 0 atom stereocenters. The SMILES string of the molecule is CN(CC(=O)N1CCc2c(nc(C(=O)Nc3cccc(-c4ccnc(Cl)c4Cl)c3Cl)n2C)C1)C(=O)O. The van der Waals surface area contributed by atoms with Crippen molar-refractivity contribution >= 4 is 58.4 Å². The summed E-state index contributed by atoms with van der Waals surface area (Å²) in [5, 5.41) is 12.5. The van der Waals surface area contributed by atoms with Crippen molar-refractivity contribution in [1.29, 1.82) is 0 Å². The molecule has 0 aliphatic carbocycles. The molecule has 0 unspecified atom stereocenters. The van der Waals surface area contributed by atoms with Crippen molar-refractivity contribution in [2.24, 2.45) is 7.05 Å². The molecule has 10 nitrogen and oxygen atoms in total. The third-order valence-corrected chi connectivity index (χ3v) is 7.07. The van der Waals surface area contributed by atoms with E-state index >= 15 is 0 Å². The lowest BCUT2D eigenvalue weighted by molar-refractivity contribution is -0.132.